The molecule has 1 aromatic heterocycles. The van der Waals surface area contributed by atoms with E-state index in [0.29, 0.717) is 5.69 Å². The van der Waals surface area contributed by atoms with Gasteiger partial charge in [-0.2, -0.15) is 0 Å². The van der Waals surface area contributed by atoms with Crippen molar-refractivity contribution < 1.29 is 9.72 Å². The Bertz CT molecular complexity index is 714. The molecule has 2 aromatic rings. The first-order valence-electron chi connectivity index (χ1n) is 5.76. The number of halogens is 2. The lowest BCUT2D eigenvalue weighted by Crippen LogP contribution is -2.14. The highest BCUT2D eigenvalue weighted by Gasteiger charge is 2.17. The number of nitrogens with zero attached hydrogens (tertiary/aromatic N) is 2. The van der Waals surface area contributed by atoms with E-state index in [1.54, 1.807) is 13.0 Å². The van der Waals surface area contributed by atoms with Crippen molar-refractivity contribution >= 4 is 40.5 Å². The number of nitro benzene ring substituents is 1. The molecule has 0 spiro atoms. The zero-order chi connectivity index (χ0) is 15.6. The van der Waals surface area contributed by atoms with Gasteiger partial charge in [-0.1, -0.05) is 23.2 Å². The molecule has 1 heterocycles. The number of rotatable bonds is 3. The summed E-state index contributed by atoms with van der Waals surface area (Å²) in [7, 11) is 0. The lowest BCUT2D eigenvalue weighted by Gasteiger charge is -2.10. The summed E-state index contributed by atoms with van der Waals surface area (Å²) in [5.41, 5.74) is 1.04. The second kappa shape index (κ2) is 6.07. The van der Waals surface area contributed by atoms with Crippen LogP contribution in [0.4, 0.5) is 11.4 Å². The average Bonchev–Trinajstić information content (AvgIpc) is 2.42. The number of hydrogen-bond acceptors (Lipinski definition) is 4. The van der Waals surface area contributed by atoms with Gasteiger partial charge in [-0.25, -0.2) is 4.98 Å². The number of carbonyl (C=O) groups excluding carboxylic acids is 1. The third-order valence-electron chi connectivity index (χ3n) is 2.76. The number of carbonyl (C=O) groups is 1. The topological polar surface area (TPSA) is 85.1 Å². The lowest BCUT2D eigenvalue weighted by molar-refractivity contribution is -0.384. The van der Waals surface area contributed by atoms with E-state index < -0.39 is 10.8 Å². The molecule has 0 fully saturated rings. The van der Waals surface area contributed by atoms with Gasteiger partial charge in [0.05, 0.1) is 21.2 Å². The minimum atomic E-state index is -0.588. The summed E-state index contributed by atoms with van der Waals surface area (Å²) in [5.74, 6) is -0.520. The fourth-order valence-electron chi connectivity index (χ4n) is 1.66. The molecule has 6 nitrogen and oxygen atoms in total. The van der Waals surface area contributed by atoms with Crippen LogP contribution in [-0.4, -0.2) is 15.8 Å². The Morgan fingerprint density at radius 3 is 2.62 bits per heavy atom. The molecule has 0 atom stereocenters. The van der Waals surface area contributed by atoms with Crippen molar-refractivity contribution in [3.8, 4) is 0 Å². The Morgan fingerprint density at radius 1 is 1.33 bits per heavy atom. The van der Waals surface area contributed by atoms with Gasteiger partial charge in [0, 0.05) is 18.3 Å². The van der Waals surface area contributed by atoms with Crippen molar-refractivity contribution in [2.75, 3.05) is 5.32 Å². The maximum absolute atomic E-state index is 12.2. The van der Waals surface area contributed by atoms with Crippen LogP contribution < -0.4 is 5.32 Å². The summed E-state index contributed by atoms with van der Waals surface area (Å²) in [6.07, 6.45) is 1.52. The van der Waals surface area contributed by atoms with Crippen molar-refractivity contribution in [3.05, 3.63) is 61.9 Å². The van der Waals surface area contributed by atoms with E-state index in [1.165, 1.54) is 18.3 Å². The van der Waals surface area contributed by atoms with E-state index in [-0.39, 0.29) is 21.4 Å². The maximum atomic E-state index is 12.2. The zero-order valence-electron chi connectivity index (χ0n) is 10.8. The van der Waals surface area contributed by atoms with Crippen molar-refractivity contribution in [3.63, 3.8) is 0 Å². The molecule has 0 aliphatic rings. The summed E-state index contributed by atoms with van der Waals surface area (Å²) in [6.45, 7) is 1.76. The number of nitrogens with one attached hydrogen (secondary N) is 1. The van der Waals surface area contributed by atoms with Crippen molar-refractivity contribution in [1.29, 1.82) is 0 Å². The summed E-state index contributed by atoms with van der Waals surface area (Å²) in [5, 5.41) is 13.4. The van der Waals surface area contributed by atoms with Gasteiger partial charge >= 0.3 is 0 Å². The van der Waals surface area contributed by atoms with Gasteiger partial charge in [-0.15, -0.1) is 0 Å². The van der Waals surface area contributed by atoms with E-state index >= 15 is 0 Å². The van der Waals surface area contributed by atoms with Gasteiger partial charge in [0.1, 0.15) is 0 Å². The molecule has 8 heteroatoms. The molecular formula is C13H9Cl2N3O3. The summed E-state index contributed by atoms with van der Waals surface area (Å²) in [6, 6.07) is 5.31. The van der Waals surface area contributed by atoms with Crippen LogP contribution in [0.1, 0.15) is 15.9 Å². The number of benzene rings is 1. The Morgan fingerprint density at radius 2 is 2.05 bits per heavy atom. The molecule has 0 unspecified atom stereocenters. The zero-order valence-corrected chi connectivity index (χ0v) is 12.3. The molecule has 0 bridgehead atoms. The van der Waals surface area contributed by atoms with Crippen molar-refractivity contribution in [2.24, 2.45) is 0 Å². The molecule has 0 saturated carbocycles. The largest absolute Gasteiger partial charge is 0.319 e. The Labute approximate surface area is 129 Å². The van der Waals surface area contributed by atoms with Crippen LogP contribution in [0.2, 0.25) is 10.2 Å². The standard InChI is InChI=1S/C13H9Cl2N3O3/c1-7-4-5-16-12(15)11(7)17-13(19)9-3-2-8(18(20)21)6-10(9)14/h2-6H,1H3,(H,17,19). The van der Waals surface area contributed by atoms with Crippen LogP contribution in [0.25, 0.3) is 0 Å². The van der Waals surface area contributed by atoms with Crippen LogP contribution in [0.5, 0.6) is 0 Å². The molecular weight excluding hydrogens is 317 g/mol. The molecule has 0 aliphatic carbocycles. The van der Waals surface area contributed by atoms with Crippen LogP contribution in [0.15, 0.2) is 30.5 Å². The Kier molecular flexibility index (Phi) is 4.40. The molecule has 0 radical (unpaired) electrons. The maximum Gasteiger partial charge on any atom is 0.270 e. The third-order valence-corrected chi connectivity index (χ3v) is 3.36. The van der Waals surface area contributed by atoms with E-state index in [9.17, 15) is 14.9 Å². The van der Waals surface area contributed by atoms with Gasteiger partial charge < -0.3 is 5.32 Å². The van der Waals surface area contributed by atoms with Gasteiger partial charge in [-0.3, -0.25) is 14.9 Å². The Hall–Kier alpha value is -2.18. The predicted molar refractivity (Wildman–Crippen MR) is 80.0 cm³/mol. The Balaban J connectivity index is 2.31. The van der Waals surface area contributed by atoms with Crippen LogP contribution in [-0.2, 0) is 0 Å². The quantitative estimate of drug-likeness (QED) is 0.527. The average molecular weight is 326 g/mol. The van der Waals surface area contributed by atoms with Crippen LogP contribution in [0, 0.1) is 17.0 Å². The fourth-order valence-corrected chi connectivity index (χ4v) is 2.17. The van der Waals surface area contributed by atoms with Gasteiger partial charge in [-0.05, 0) is 24.6 Å². The third kappa shape index (κ3) is 3.29. The molecule has 1 N–H and O–H groups in total. The number of hydrogen-bond donors (Lipinski definition) is 1. The highest BCUT2D eigenvalue weighted by molar-refractivity contribution is 6.35. The normalized spacial score (nSPS) is 10.2. The number of aromatic nitrogens is 1. The molecule has 108 valence electrons. The highest BCUT2D eigenvalue weighted by Crippen LogP contribution is 2.26. The lowest BCUT2D eigenvalue weighted by atomic mass is 10.1. The van der Waals surface area contributed by atoms with Crippen molar-refractivity contribution in [2.45, 2.75) is 6.92 Å². The van der Waals surface area contributed by atoms with Crippen molar-refractivity contribution in [1.82, 2.24) is 4.98 Å². The first-order valence-corrected chi connectivity index (χ1v) is 6.52. The van der Waals surface area contributed by atoms with Gasteiger partial charge in [0.25, 0.3) is 11.6 Å². The predicted octanol–water partition coefficient (Wildman–Crippen LogP) is 3.86. The molecule has 1 aromatic carbocycles. The number of aryl methyl sites for hydroxylation is 1. The van der Waals surface area contributed by atoms with E-state index in [4.69, 9.17) is 23.2 Å². The number of anilines is 1. The smallest absolute Gasteiger partial charge is 0.270 e. The van der Waals surface area contributed by atoms with Crippen LogP contribution in [0.3, 0.4) is 0 Å². The number of non-ortho nitro benzene ring substituents is 1. The summed E-state index contributed by atoms with van der Waals surface area (Å²) < 4.78 is 0. The summed E-state index contributed by atoms with van der Waals surface area (Å²) >= 11 is 11.8. The summed E-state index contributed by atoms with van der Waals surface area (Å²) in [4.78, 5) is 26.1. The highest BCUT2D eigenvalue weighted by atomic mass is 35.5. The first-order chi connectivity index (χ1) is 9.90. The first kappa shape index (κ1) is 15.2. The molecule has 0 aliphatic heterocycles. The van der Waals surface area contributed by atoms with Gasteiger partial charge in [0.2, 0.25) is 0 Å². The molecule has 2 rings (SSSR count). The molecule has 0 saturated heterocycles. The minimum Gasteiger partial charge on any atom is -0.319 e. The van der Waals surface area contributed by atoms with E-state index in [0.717, 1.165) is 11.6 Å². The van der Waals surface area contributed by atoms with Gasteiger partial charge in [0.15, 0.2) is 5.15 Å². The van der Waals surface area contributed by atoms with Crippen LogP contribution >= 0.6 is 23.2 Å². The second-order valence-corrected chi connectivity index (χ2v) is 4.93. The second-order valence-electron chi connectivity index (χ2n) is 4.17. The van der Waals surface area contributed by atoms with E-state index in [2.05, 4.69) is 10.3 Å². The number of amides is 1. The number of pyridine rings is 1. The minimum absolute atomic E-state index is 0.0145. The molecule has 1 amide bonds. The van der Waals surface area contributed by atoms with E-state index in [1.807, 2.05) is 0 Å². The number of nitro groups is 1. The monoisotopic (exact) mass is 325 g/mol. The molecule has 21 heavy (non-hydrogen) atoms. The fraction of sp³-hybridized carbons (Fsp3) is 0.0769. The SMILES string of the molecule is Cc1ccnc(Cl)c1NC(=O)c1ccc([N+](=O)[O-])cc1Cl.